The number of likely N-dealkylation sites (tertiary alicyclic amines) is 2. The summed E-state index contributed by atoms with van der Waals surface area (Å²) in [7, 11) is -3.85. The van der Waals surface area contributed by atoms with E-state index in [0.29, 0.717) is 57.5 Å². The average Bonchev–Trinajstić information content (AvgIpc) is 3.81. The first-order valence-corrected chi connectivity index (χ1v) is 18.7. The molecule has 2 aromatic carbocycles. The molecule has 49 heavy (non-hydrogen) atoms. The third kappa shape index (κ3) is 7.55. The Balaban J connectivity index is 0.987. The van der Waals surface area contributed by atoms with Crippen LogP contribution in [0.3, 0.4) is 0 Å². The molecule has 6 rings (SSSR count). The summed E-state index contributed by atoms with van der Waals surface area (Å²) in [6.07, 6.45) is 2.15. The lowest BCUT2D eigenvalue weighted by molar-refractivity contribution is -0.147. The molecule has 3 atom stereocenters. The zero-order chi connectivity index (χ0) is 34.8. The van der Waals surface area contributed by atoms with Gasteiger partial charge >= 0.3 is 18.2 Å². The Morgan fingerprint density at radius 2 is 1.65 bits per heavy atom. The Kier molecular flexibility index (Phi) is 10.2. The van der Waals surface area contributed by atoms with Crippen molar-refractivity contribution in [2.24, 2.45) is 17.3 Å². The summed E-state index contributed by atoms with van der Waals surface area (Å²) in [6.45, 7) is 3.95. The minimum atomic E-state index is -3.85. The highest BCUT2D eigenvalue weighted by atomic mass is 32.2. The van der Waals surface area contributed by atoms with Gasteiger partial charge in [0.05, 0.1) is 28.8 Å². The number of nitrogens with zero attached hydrogens (tertiary/aromatic N) is 4. The molecule has 4 fully saturated rings. The number of rotatable bonds is 9. The van der Waals surface area contributed by atoms with Crippen LogP contribution in [0, 0.1) is 35.5 Å². The number of fused-ring (bicyclic) bond motifs is 1. The number of aryl methyl sites for hydroxylation is 1. The molecule has 0 radical (unpaired) electrons. The summed E-state index contributed by atoms with van der Waals surface area (Å²) < 4.78 is 39.8. The smallest absolute Gasteiger partial charge is 0.410 e. The quantitative estimate of drug-likeness (QED) is 0.393. The number of piperidine rings is 1. The Morgan fingerprint density at radius 3 is 2.29 bits per heavy atom. The van der Waals surface area contributed by atoms with E-state index in [4.69, 9.17) is 9.47 Å². The fourth-order valence-electron chi connectivity index (χ4n) is 8.39. The van der Waals surface area contributed by atoms with Crippen molar-refractivity contribution >= 4 is 28.2 Å². The Hall–Kier alpha value is -4.15. The van der Waals surface area contributed by atoms with E-state index in [1.54, 1.807) is 15.9 Å². The lowest BCUT2D eigenvalue weighted by Crippen LogP contribution is -2.46. The highest BCUT2D eigenvalue weighted by Gasteiger charge is 2.56. The van der Waals surface area contributed by atoms with Crippen LogP contribution in [0.1, 0.15) is 66.7 Å². The van der Waals surface area contributed by atoms with E-state index < -0.39 is 39.3 Å². The molecule has 3 saturated heterocycles. The van der Waals surface area contributed by atoms with Crippen molar-refractivity contribution < 1.29 is 37.4 Å². The molecule has 0 unspecified atom stereocenters. The first-order chi connectivity index (χ1) is 23.5. The van der Waals surface area contributed by atoms with Gasteiger partial charge in [-0.15, -0.1) is 0 Å². The van der Waals surface area contributed by atoms with Gasteiger partial charge in [-0.05, 0) is 92.0 Å². The van der Waals surface area contributed by atoms with Crippen LogP contribution < -0.4 is 0 Å². The predicted octanol–water partition coefficient (Wildman–Crippen LogP) is 4.73. The summed E-state index contributed by atoms with van der Waals surface area (Å²) in [6, 6.07) is 16.9. The first-order valence-electron chi connectivity index (χ1n) is 17.1. The molecule has 1 aliphatic carbocycles. The highest BCUT2D eigenvalue weighted by molar-refractivity contribution is 7.89. The molecule has 1 N–H and O–H groups in total. The summed E-state index contributed by atoms with van der Waals surface area (Å²) in [5, 5.41) is 19.5. The van der Waals surface area contributed by atoms with Crippen LogP contribution in [-0.2, 0) is 30.9 Å². The van der Waals surface area contributed by atoms with E-state index >= 15 is 0 Å². The van der Waals surface area contributed by atoms with Crippen molar-refractivity contribution in [2.45, 2.75) is 64.0 Å². The van der Waals surface area contributed by atoms with Crippen LogP contribution in [0.4, 0.5) is 9.59 Å². The molecular formula is C36H44N4O8S. The minimum absolute atomic E-state index is 0.0455. The predicted molar refractivity (Wildman–Crippen MR) is 179 cm³/mol. The van der Waals surface area contributed by atoms with E-state index in [1.165, 1.54) is 4.31 Å². The second-order valence-corrected chi connectivity index (χ2v) is 16.1. The van der Waals surface area contributed by atoms with Crippen molar-refractivity contribution in [1.82, 2.24) is 14.1 Å². The van der Waals surface area contributed by atoms with Crippen molar-refractivity contribution in [3.8, 4) is 6.07 Å². The molecule has 3 heterocycles. The number of ether oxygens (including phenoxy) is 2. The van der Waals surface area contributed by atoms with Crippen LogP contribution in [0.5, 0.6) is 0 Å². The molecule has 12 nitrogen and oxygen atoms in total. The number of carbonyl (C=O) groups excluding carboxylic acids is 2. The van der Waals surface area contributed by atoms with E-state index in [9.17, 15) is 33.2 Å². The first kappa shape index (κ1) is 34.7. The second-order valence-electron chi connectivity index (χ2n) is 14.1. The maximum Gasteiger partial charge on any atom is 0.410 e. The molecule has 3 aliphatic heterocycles. The number of aliphatic carboxylic acids is 1. The summed E-state index contributed by atoms with van der Waals surface area (Å²) >= 11 is 0. The number of sulfonamides is 1. The molecular weight excluding hydrogens is 648 g/mol. The average molecular weight is 693 g/mol. The second kappa shape index (κ2) is 14.4. The number of amides is 2. The fraction of sp³-hybridized carbons (Fsp3) is 0.556. The molecule has 262 valence electrons. The zero-order valence-electron chi connectivity index (χ0n) is 27.8. The number of hydrogen-bond acceptors (Lipinski definition) is 8. The molecule has 13 heteroatoms. The van der Waals surface area contributed by atoms with E-state index in [-0.39, 0.29) is 49.9 Å². The van der Waals surface area contributed by atoms with Gasteiger partial charge in [-0.1, -0.05) is 36.4 Å². The normalized spacial score (nSPS) is 24.0. The van der Waals surface area contributed by atoms with Crippen LogP contribution >= 0.6 is 0 Å². The molecule has 4 aliphatic rings. The Labute approximate surface area is 287 Å². The van der Waals surface area contributed by atoms with Crippen molar-refractivity contribution in [2.75, 3.05) is 45.1 Å². The third-order valence-corrected chi connectivity index (χ3v) is 13.0. The van der Waals surface area contributed by atoms with Gasteiger partial charge in [0.2, 0.25) is 10.0 Å². The molecule has 0 bridgehead atoms. The van der Waals surface area contributed by atoms with Crippen LogP contribution in [-0.4, -0.2) is 96.9 Å². The van der Waals surface area contributed by atoms with E-state index in [0.717, 1.165) is 23.1 Å². The van der Waals surface area contributed by atoms with Gasteiger partial charge in [0.25, 0.3) is 0 Å². The molecule has 0 aromatic heterocycles. The Morgan fingerprint density at radius 1 is 0.959 bits per heavy atom. The van der Waals surface area contributed by atoms with Crippen molar-refractivity contribution in [1.29, 1.82) is 5.26 Å². The number of carbonyl (C=O) groups is 3. The highest BCUT2D eigenvalue weighted by Crippen LogP contribution is 2.50. The zero-order valence-corrected chi connectivity index (χ0v) is 28.6. The van der Waals surface area contributed by atoms with Crippen molar-refractivity contribution in [3.05, 3.63) is 70.8 Å². The number of carboxylic acid groups (broad SMARTS) is 1. The maximum atomic E-state index is 13.6. The van der Waals surface area contributed by atoms with Crippen molar-refractivity contribution in [3.63, 3.8) is 0 Å². The maximum absolute atomic E-state index is 13.6. The molecule has 2 amide bonds. The largest absolute Gasteiger partial charge is 0.481 e. The summed E-state index contributed by atoms with van der Waals surface area (Å²) in [5.74, 6) is -1.66. The van der Waals surface area contributed by atoms with Gasteiger partial charge in [0.15, 0.2) is 0 Å². The van der Waals surface area contributed by atoms with Gasteiger partial charge < -0.3 is 24.4 Å². The molecule has 0 spiro atoms. The SMILES string of the molecule is Cc1cc(C#N)ccc1C1CCN(S(=O)(=O)CC2(C(=O)O)C[C@@H]3CN(C(=O)OC[C@H]4CCCN4C(=O)OCc4ccccc4)C[C@H]3C2)CC1. The lowest BCUT2D eigenvalue weighted by Gasteiger charge is -2.35. The number of carboxylic acids is 1. The third-order valence-electron chi connectivity index (χ3n) is 11.0. The molecule has 2 aromatic rings. The summed E-state index contributed by atoms with van der Waals surface area (Å²) in [4.78, 5) is 41.7. The lowest BCUT2D eigenvalue weighted by atomic mass is 9.87. The van der Waals surface area contributed by atoms with Gasteiger partial charge in [0, 0.05) is 32.7 Å². The topological polar surface area (TPSA) is 158 Å². The van der Waals surface area contributed by atoms with E-state index in [2.05, 4.69) is 6.07 Å². The standard InChI is InChI=1S/C36H44N4O8S/c1-25-16-27(19-37)9-10-32(25)28-11-14-39(15-12-28)49(45,46)24-36(33(41)42)17-29-20-38(21-30(29)18-36)34(43)48-23-31-8-5-13-40(31)35(44)47-22-26-6-3-2-4-7-26/h2-4,6-7,9-10,16,28-31H,5,8,11-15,17-18,20-24H2,1H3,(H,41,42)/t29-,30-,31-/m1/s1. The molecule has 1 saturated carbocycles. The fourth-order valence-corrected chi connectivity index (χ4v) is 10.4. The van der Waals surface area contributed by atoms with Gasteiger partial charge in [-0.3, -0.25) is 4.79 Å². The number of nitriles is 1. The van der Waals surface area contributed by atoms with Crippen LogP contribution in [0.25, 0.3) is 0 Å². The van der Waals surface area contributed by atoms with E-state index in [1.807, 2.05) is 49.4 Å². The summed E-state index contributed by atoms with van der Waals surface area (Å²) in [5.41, 5.74) is 2.20. The minimum Gasteiger partial charge on any atom is -0.481 e. The monoisotopic (exact) mass is 692 g/mol. The van der Waals surface area contributed by atoms with Crippen LogP contribution in [0.2, 0.25) is 0 Å². The van der Waals surface area contributed by atoms with Crippen LogP contribution in [0.15, 0.2) is 48.5 Å². The van der Waals surface area contributed by atoms with Gasteiger partial charge in [-0.2, -0.15) is 5.26 Å². The van der Waals surface area contributed by atoms with Gasteiger partial charge in [0.1, 0.15) is 13.2 Å². The van der Waals surface area contributed by atoms with Gasteiger partial charge in [-0.25, -0.2) is 22.3 Å². The Bertz CT molecular complexity index is 1690. The number of benzene rings is 2. The number of hydrogen-bond donors (Lipinski definition) is 1.